The quantitative estimate of drug-likeness (QED) is 0.428. The van der Waals surface area contributed by atoms with Crippen molar-refractivity contribution in [3.05, 3.63) is 0 Å². The van der Waals surface area contributed by atoms with Crippen LogP contribution in [0.1, 0.15) is 6.92 Å². The summed E-state index contributed by atoms with van der Waals surface area (Å²) in [6.07, 6.45) is 3.52. The SMILES string of the molecule is CSC(C)N[C]=O. The molecule has 0 rings (SSSR count). The van der Waals surface area contributed by atoms with E-state index in [0.29, 0.717) is 0 Å². The first-order valence-electron chi connectivity index (χ1n) is 1.96. The summed E-state index contributed by atoms with van der Waals surface area (Å²) in [6, 6.07) is 0. The van der Waals surface area contributed by atoms with E-state index < -0.39 is 0 Å². The number of carbonyl (C=O) groups excluding carboxylic acids is 1. The fourth-order valence-electron chi connectivity index (χ4n) is 0.142. The van der Waals surface area contributed by atoms with Crippen molar-refractivity contribution in [1.82, 2.24) is 5.32 Å². The molecular formula is C4H8NOS. The van der Waals surface area contributed by atoms with Crippen LogP contribution in [0, 0.1) is 0 Å². The van der Waals surface area contributed by atoms with Crippen LogP contribution < -0.4 is 5.32 Å². The third-order valence-corrected chi connectivity index (χ3v) is 1.44. The number of amides is 1. The molecule has 7 heavy (non-hydrogen) atoms. The first-order chi connectivity index (χ1) is 3.31. The molecule has 1 N–H and O–H groups in total. The second kappa shape index (κ2) is 3.99. The van der Waals surface area contributed by atoms with Gasteiger partial charge in [0.25, 0.3) is 0 Å². The van der Waals surface area contributed by atoms with Crippen molar-refractivity contribution in [2.45, 2.75) is 12.3 Å². The first kappa shape index (κ1) is 6.82. The Kier molecular flexibility index (Phi) is 3.89. The van der Waals surface area contributed by atoms with Crippen LogP contribution in [0.25, 0.3) is 0 Å². The Balaban J connectivity index is 2.98. The monoisotopic (exact) mass is 118 g/mol. The zero-order chi connectivity index (χ0) is 5.70. The molecule has 2 nitrogen and oxygen atoms in total. The molecule has 1 atom stereocenters. The average Bonchev–Trinajstić information content (AvgIpc) is 1.68. The van der Waals surface area contributed by atoms with Gasteiger partial charge in [-0.05, 0) is 13.2 Å². The van der Waals surface area contributed by atoms with Crippen molar-refractivity contribution in [2.75, 3.05) is 6.26 Å². The molecule has 0 saturated heterocycles. The normalized spacial score (nSPS) is 12.9. The first-order valence-corrected chi connectivity index (χ1v) is 3.25. The summed E-state index contributed by atoms with van der Waals surface area (Å²) in [4.78, 5) is 9.52. The molecule has 3 heteroatoms. The molecule has 0 aromatic heterocycles. The van der Waals surface area contributed by atoms with E-state index in [4.69, 9.17) is 0 Å². The van der Waals surface area contributed by atoms with Gasteiger partial charge in [-0.1, -0.05) is 0 Å². The third kappa shape index (κ3) is 3.66. The van der Waals surface area contributed by atoms with Crippen LogP contribution in [0.4, 0.5) is 0 Å². The van der Waals surface area contributed by atoms with Crippen LogP contribution in [-0.4, -0.2) is 18.0 Å². The van der Waals surface area contributed by atoms with E-state index in [1.807, 2.05) is 13.2 Å². The lowest BCUT2D eigenvalue weighted by atomic mass is 10.8. The predicted molar refractivity (Wildman–Crippen MR) is 31.8 cm³/mol. The summed E-state index contributed by atoms with van der Waals surface area (Å²) in [5, 5.41) is 2.64. The Labute approximate surface area is 47.7 Å². The molecule has 0 aromatic carbocycles. The number of nitrogens with one attached hydrogen (secondary N) is 1. The Morgan fingerprint density at radius 1 is 1.86 bits per heavy atom. The van der Waals surface area contributed by atoms with Crippen LogP contribution in [0.3, 0.4) is 0 Å². The van der Waals surface area contributed by atoms with E-state index in [-0.39, 0.29) is 5.37 Å². The largest absolute Gasteiger partial charge is 0.336 e. The number of thioether (sulfide) groups is 1. The zero-order valence-corrected chi connectivity index (χ0v) is 5.21. The molecule has 0 aromatic rings. The summed E-state index contributed by atoms with van der Waals surface area (Å²) >= 11 is 1.58. The van der Waals surface area contributed by atoms with E-state index in [1.165, 1.54) is 0 Å². The van der Waals surface area contributed by atoms with Crippen LogP contribution >= 0.6 is 11.8 Å². The average molecular weight is 118 g/mol. The molecule has 0 aliphatic heterocycles. The number of rotatable bonds is 3. The van der Waals surface area contributed by atoms with Gasteiger partial charge in [0, 0.05) is 0 Å². The predicted octanol–water partition coefficient (Wildman–Crippen LogP) is 0.352. The van der Waals surface area contributed by atoms with Crippen LogP contribution in [0.5, 0.6) is 0 Å². The molecule has 1 unspecified atom stereocenters. The summed E-state index contributed by atoms with van der Waals surface area (Å²) in [5.74, 6) is 0. The van der Waals surface area contributed by atoms with Gasteiger partial charge in [-0.25, -0.2) is 0 Å². The lowest BCUT2D eigenvalue weighted by Gasteiger charge is -2.01. The maximum absolute atomic E-state index is 9.52. The molecule has 0 heterocycles. The summed E-state index contributed by atoms with van der Waals surface area (Å²) in [6.45, 7) is 1.90. The topological polar surface area (TPSA) is 29.1 Å². The standard InChI is InChI=1S/C4H8NOS/c1-4(7-2)5-3-6/h4H,1-2H3,(H,5,6). The van der Waals surface area contributed by atoms with E-state index in [0.717, 1.165) is 0 Å². The Bertz CT molecular complexity index is 57.7. The molecule has 0 saturated carbocycles. The summed E-state index contributed by atoms with van der Waals surface area (Å²) in [5.41, 5.74) is 0. The Hall–Kier alpha value is -0.180. The molecule has 1 radical (unpaired) electrons. The highest BCUT2D eigenvalue weighted by atomic mass is 32.2. The highest BCUT2D eigenvalue weighted by Gasteiger charge is 1.91. The fraction of sp³-hybridized carbons (Fsp3) is 0.750. The van der Waals surface area contributed by atoms with Crippen molar-refractivity contribution in [3.63, 3.8) is 0 Å². The van der Waals surface area contributed by atoms with Crippen LogP contribution in [0.2, 0.25) is 0 Å². The van der Waals surface area contributed by atoms with E-state index in [9.17, 15) is 4.79 Å². The fourth-order valence-corrected chi connectivity index (χ4v) is 0.308. The maximum atomic E-state index is 9.52. The molecule has 0 fully saturated rings. The van der Waals surface area contributed by atoms with Gasteiger partial charge in [-0.2, -0.15) is 0 Å². The van der Waals surface area contributed by atoms with Crippen molar-refractivity contribution >= 4 is 18.2 Å². The Morgan fingerprint density at radius 2 is 2.43 bits per heavy atom. The molecule has 1 amide bonds. The van der Waals surface area contributed by atoms with Gasteiger partial charge in [0.1, 0.15) is 0 Å². The molecule has 0 spiro atoms. The van der Waals surface area contributed by atoms with Crippen molar-refractivity contribution < 1.29 is 4.79 Å². The van der Waals surface area contributed by atoms with Gasteiger partial charge in [-0.3, -0.25) is 4.79 Å². The second-order valence-corrected chi connectivity index (χ2v) is 2.30. The minimum Gasteiger partial charge on any atom is -0.336 e. The molecular weight excluding hydrogens is 110 g/mol. The lowest BCUT2D eigenvalue weighted by Crippen LogP contribution is -2.19. The molecule has 41 valence electrons. The zero-order valence-electron chi connectivity index (χ0n) is 4.39. The van der Waals surface area contributed by atoms with Gasteiger partial charge in [0.15, 0.2) is 0 Å². The van der Waals surface area contributed by atoms with Crippen LogP contribution in [-0.2, 0) is 4.79 Å². The van der Waals surface area contributed by atoms with Gasteiger partial charge in [0.05, 0.1) is 5.37 Å². The third-order valence-electron chi connectivity index (χ3n) is 0.616. The van der Waals surface area contributed by atoms with Gasteiger partial charge < -0.3 is 5.32 Å². The van der Waals surface area contributed by atoms with E-state index in [1.54, 1.807) is 18.2 Å². The van der Waals surface area contributed by atoms with Crippen LogP contribution in [0.15, 0.2) is 0 Å². The lowest BCUT2D eigenvalue weighted by molar-refractivity contribution is 0.542. The number of hydrogen-bond acceptors (Lipinski definition) is 2. The number of hydrogen-bond donors (Lipinski definition) is 1. The minimum absolute atomic E-state index is 0.192. The van der Waals surface area contributed by atoms with E-state index in [2.05, 4.69) is 5.32 Å². The van der Waals surface area contributed by atoms with Crippen molar-refractivity contribution in [2.24, 2.45) is 0 Å². The van der Waals surface area contributed by atoms with Crippen molar-refractivity contribution in [1.29, 1.82) is 0 Å². The van der Waals surface area contributed by atoms with Gasteiger partial charge >= 0.3 is 6.41 Å². The summed E-state index contributed by atoms with van der Waals surface area (Å²) in [7, 11) is 0. The van der Waals surface area contributed by atoms with Gasteiger partial charge in [-0.15, -0.1) is 11.8 Å². The maximum Gasteiger partial charge on any atom is 0.310 e. The van der Waals surface area contributed by atoms with Crippen molar-refractivity contribution in [3.8, 4) is 0 Å². The second-order valence-electron chi connectivity index (χ2n) is 1.12. The smallest absolute Gasteiger partial charge is 0.310 e. The van der Waals surface area contributed by atoms with Gasteiger partial charge in [0.2, 0.25) is 0 Å². The molecule has 0 bridgehead atoms. The minimum atomic E-state index is 0.192. The van der Waals surface area contributed by atoms with E-state index >= 15 is 0 Å². The Morgan fingerprint density at radius 3 is 2.57 bits per heavy atom. The highest BCUT2D eigenvalue weighted by Crippen LogP contribution is 1.97. The molecule has 0 aliphatic rings. The molecule has 0 aliphatic carbocycles. The highest BCUT2D eigenvalue weighted by molar-refractivity contribution is 7.99. The summed E-state index contributed by atoms with van der Waals surface area (Å²) < 4.78 is 0.